The van der Waals surface area contributed by atoms with Gasteiger partial charge in [0, 0.05) is 0 Å². The molecule has 13 nitrogen and oxygen atoms in total. The average Bonchev–Trinajstić information content (AvgIpc) is 2.95. The second kappa shape index (κ2) is 19.2. The lowest BCUT2D eigenvalue weighted by molar-refractivity contribution is -0.366. The molecule has 0 aromatic carbocycles. The van der Waals surface area contributed by atoms with Crippen LogP contribution in [0.25, 0.3) is 0 Å². The molecule has 43 heavy (non-hydrogen) atoms. The second-order valence-corrected chi connectivity index (χ2v) is 11.8. The van der Waals surface area contributed by atoms with Crippen molar-refractivity contribution in [1.29, 1.82) is 0 Å². The van der Waals surface area contributed by atoms with Crippen LogP contribution in [0.1, 0.15) is 105 Å². The molecule has 0 bridgehead atoms. The number of esters is 1. The molecule has 2 saturated heterocycles. The van der Waals surface area contributed by atoms with Gasteiger partial charge in [-0.25, -0.2) is 0 Å². The van der Waals surface area contributed by atoms with Crippen LogP contribution >= 0.6 is 0 Å². The standard InChI is InChI=1S/C30H54O13/c1-5-7-9-11-13-19(15-21(31)32)41-22(33)16-20(14-12-10-8-6-2)42-30-28(26(37)24(35)18(4)40-30)43-29-27(38)25(36)23(34)17(3)39-29/h17-20,23-30,34-38H,5-16H2,1-4H3,(H,31,32)/t17-,18-,19?,20?,23-,24-,25+,26+,27+,28+,29+,30+/m0/s1. The Balaban J connectivity index is 2.17. The molecule has 2 rings (SSSR count). The minimum Gasteiger partial charge on any atom is -0.481 e. The Kier molecular flexibility index (Phi) is 16.8. The number of carbonyl (C=O) groups excluding carboxylic acids is 1. The fourth-order valence-corrected chi connectivity index (χ4v) is 5.36. The third kappa shape index (κ3) is 12.1. The van der Waals surface area contributed by atoms with E-state index < -0.39 is 85.6 Å². The number of aliphatic hydroxyl groups excluding tert-OH is 5. The summed E-state index contributed by atoms with van der Waals surface area (Å²) in [5.74, 6) is -1.68. The van der Waals surface area contributed by atoms with Gasteiger partial charge in [-0.3, -0.25) is 9.59 Å². The third-order valence-corrected chi connectivity index (χ3v) is 8.06. The maximum Gasteiger partial charge on any atom is 0.308 e. The van der Waals surface area contributed by atoms with E-state index in [2.05, 4.69) is 13.8 Å². The number of carboxylic acids is 1. The van der Waals surface area contributed by atoms with E-state index in [9.17, 15) is 40.2 Å². The quantitative estimate of drug-likeness (QED) is 0.0900. The van der Waals surface area contributed by atoms with Gasteiger partial charge in [-0.1, -0.05) is 58.8 Å². The van der Waals surface area contributed by atoms with Crippen molar-refractivity contribution in [2.45, 2.75) is 178 Å². The van der Waals surface area contributed by atoms with Gasteiger partial charge >= 0.3 is 11.9 Å². The van der Waals surface area contributed by atoms with E-state index in [0.29, 0.717) is 19.3 Å². The molecule has 13 heteroatoms. The lowest BCUT2D eigenvalue weighted by atomic mass is 9.97. The number of carbonyl (C=O) groups is 2. The summed E-state index contributed by atoms with van der Waals surface area (Å²) in [5, 5.41) is 61.4. The van der Waals surface area contributed by atoms with E-state index in [-0.39, 0.29) is 12.8 Å². The van der Waals surface area contributed by atoms with Gasteiger partial charge in [0.25, 0.3) is 0 Å². The van der Waals surface area contributed by atoms with Crippen LogP contribution in [0.3, 0.4) is 0 Å². The zero-order chi connectivity index (χ0) is 32.1. The van der Waals surface area contributed by atoms with E-state index >= 15 is 0 Å². The Morgan fingerprint density at radius 2 is 1.21 bits per heavy atom. The SMILES string of the molecule is CCCCCCC(CC(=O)O)OC(=O)CC(CCCCCC)O[C@H]1O[C@@H](C)[C@H](O)[C@@H](O)[C@H]1O[C@H]1O[C@@H](C)[C@H](O)[C@@H](O)[C@H]1O. The minimum absolute atomic E-state index is 0.207. The molecule has 2 aliphatic heterocycles. The Morgan fingerprint density at radius 3 is 1.77 bits per heavy atom. The molecule has 0 aromatic rings. The molecule has 0 radical (unpaired) electrons. The number of aliphatic carboxylic acids is 1. The average molecular weight is 623 g/mol. The van der Waals surface area contributed by atoms with E-state index in [1.54, 1.807) is 0 Å². The Hall–Kier alpha value is -1.42. The lowest BCUT2D eigenvalue weighted by Gasteiger charge is -2.46. The number of unbranched alkanes of at least 4 members (excludes halogenated alkanes) is 6. The highest BCUT2D eigenvalue weighted by Gasteiger charge is 2.50. The second-order valence-electron chi connectivity index (χ2n) is 11.8. The van der Waals surface area contributed by atoms with Gasteiger partial charge in [0.2, 0.25) is 0 Å². The number of rotatable bonds is 19. The molecule has 6 N–H and O–H groups in total. The van der Waals surface area contributed by atoms with Crippen LogP contribution in [0.2, 0.25) is 0 Å². The summed E-state index contributed by atoms with van der Waals surface area (Å²) in [6, 6.07) is 0. The third-order valence-electron chi connectivity index (χ3n) is 8.06. The monoisotopic (exact) mass is 622 g/mol. The van der Waals surface area contributed by atoms with E-state index in [1.165, 1.54) is 13.8 Å². The molecule has 2 aliphatic rings. The van der Waals surface area contributed by atoms with Crippen molar-refractivity contribution in [3.8, 4) is 0 Å². The van der Waals surface area contributed by atoms with Crippen molar-refractivity contribution < 1.29 is 63.9 Å². The van der Waals surface area contributed by atoms with Crippen molar-refractivity contribution in [2.24, 2.45) is 0 Å². The molecule has 0 amide bonds. The Bertz CT molecular complexity index is 813. The first-order chi connectivity index (χ1) is 20.4. The first-order valence-corrected chi connectivity index (χ1v) is 15.8. The van der Waals surface area contributed by atoms with E-state index in [0.717, 1.165) is 44.9 Å². The number of ether oxygens (including phenoxy) is 5. The van der Waals surface area contributed by atoms with Gasteiger partial charge in [-0.15, -0.1) is 0 Å². The first kappa shape index (κ1) is 37.8. The molecular weight excluding hydrogens is 568 g/mol. The van der Waals surface area contributed by atoms with Crippen LogP contribution in [0.4, 0.5) is 0 Å². The number of hydrogen-bond donors (Lipinski definition) is 6. The Labute approximate surface area is 254 Å². The van der Waals surface area contributed by atoms with Gasteiger partial charge in [-0.05, 0) is 33.1 Å². The summed E-state index contributed by atoms with van der Waals surface area (Å²) in [4.78, 5) is 24.4. The summed E-state index contributed by atoms with van der Waals surface area (Å²) in [6.07, 6.45) is -7.43. The predicted octanol–water partition coefficient (Wildman–Crippen LogP) is 1.77. The fraction of sp³-hybridized carbons (Fsp3) is 0.933. The van der Waals surface area contributed by atoms with Crippen LogP contribution in [-0.4, -0.2) is 116 Å². The molecule has 2 heterocycles. The van der Waals surface area contributed by atoms with Crippen LogP contribution in [0, 0.1) is 0 Å². The first-order valence-electron chi connectivity index (χ1n) is 15.8. The summed E-state index contributed by atoms with van der Waals surface area (Å²) < 4.78 is 28.9. The van der Waals surface area contributed by atoms with Gasteiger partial charge in [0.1, 0.15) is 42.7 Å². The predicted molar refractivity (Wildman–Crippen MR) is 153 cm³/mol. The van der Waals surface area contributed by atoms with Crippen LogP contribution in [0.15, 0.2) is 0 Å². The van der Waals surface area contributed by atoms with E-state index in [1.807, 2.05) is 0 Å². The minimum atomic E-state index is -1.67. The summed E-state index contributed by atoms with van der Waals surface area (Å²) >= 11 is 0. The van der Waals surface area contributed by atoms with Crippen molar-refractivity contribution in [2.75, 3.05) is 0 Å². The number of hydrogen-bond acceptors (Lipinski definition) is 12. The van der Waals surface area contributed by atoms with E-state index in [4.69, 9.17) is 23.7 Å². The van der Waals surface area contributed by atoms with Crippen molar-refractivity contribution in [3.63, 3.8) is 0 Å². The number of carboxylic acid groups (broad SMARTS) is 1. The normalized spacial score (nSPS) is 34.4. The summed E-state index contributed by atoms with van der Waals surface area (Å²) in [6.45, 7) is 7.15. The molecule has 0 spiro atoms. The molecule has 0 aromatic heterocycles. The van der Waals surface area contributed by atoms with Gasteiger partial charge < -0.3 is 54.3 Å². The number of aliphatic hydroxyl groups is 5. The maximum absolute atomic E-state index is 13.0. The van der Waals surface area contributed by atoms with Gasteiger partial charge in [0.15, 0.2) is 12.6 Å². The van der Waals surface area contributed by atoms with Gasteiger partial charge in [-0.2, -0.15) is 0 Å². The smallest absolute Gasteiger partial charge is 0.308 e. The highest BCUT2D eigenvalue weighted by atomic mass is 16.8. The van der Waals surface area contributed by atoms with Crippen molar-refractivity contribution in [1.82, 2.24) is 0 Å². The molecule has 252 valence electrons. The molecule has 0 saturated carbocycles. The molecular formula is C30H54O13. The molecule has 2 fully saturated rings. The highest BCUT2D eigenvalue weighted by molar-refractivity contribution is 5.72. The summed E-state index contributed by atoms with van der Waals surface area (Å²) in [7, 11) is 0. The molecule has 2 unspecified atom stereocenters. The highest BCUT2D eigenvalue weighted by Crippen LogP contribution is 2.31. The largest absolute Gasteiger partial charge is 0.481 e. The molecule has 12 atom stereocenters. The van der Waals surface area contributed by atoms with Crippen molar-refractivity contribution in [3.05, 3.63) is 0 Å². The van der Waals surface area contributed by atoms with Crippen molar-refractivity contribution >= 4 is 11.9 Å². The van der Waals surface area contributed by atoms with Crippen LogP contribution in [0.5, 0.6) is 0 Å². The van der Waals surface area contributed by atoms with Crippen LogP contribution < -0.4 is 0 Å². The molecule has 0 aliphatic carbocycles. The lowest BCUT2D eigenvalue weighted by Crippen LogP contribution is -2.63. The Morgan fingerprint density at radius 1 is 0.674 bits per heavy atom. The fourth-order valence-electron chi connectivity index (χ4n) is 5.36. The zero-order valence-electron chi connectivity index (χ0n) is 26.0. The van der Waals surface area contributed by atoms with Crippen LogP contribution in [-0.2, 0) is 33.3 Å². The topological polar surface area (TPSA) is 202 Å². The zero-order valence-corrected chi connectivity index (χ0v) is 26.0. The summed E-state index contributed by atoms with van der Waals surface area (Å²) in [5.41, 5.74) is 0. The van der Waals surface area contributed by atoms with Gasteiger partial charge in [0.05, 0.1) is 31.2 Å². The maximum atomic E-state index is 13.0.